The maximum atomic E-state index is 14.1. The first-order chi connectivity index (χ1) is 20.1. The lowest BCUT2D eigenvalue weighted by Gasteiger charge is -2.29. The second-order valence-electron chi connectivity index (χ2n) is 11.5. The number of anilines is 2. The molecule has 13 heteroatoms. The standard InChI is InChI=1S/C30H33F4N9/c1-7-24(31)39-18(3)17(2)25(23-15-43(42-41-23)29(6)8-9-29)40-21-10-19(12-35)26-22(11-21)27(20(13-36)14-37-26)38-16-28(4,5)30(32,33)34/h7,10-11,14-15,25,40-42H,2,8-9,16H2,1,3-6H3,(H,37,38)/b24-7-,39-18-/t25-/m0/s1. The zero-order valence-corrected chi connectivity index (χ0v) is 24.5. The van der Waals surface area contributed by atoms with E-state index in [1.54, 1.807) is 19.1 Å². The molecule has 2 aliphatic rings. The lowest BCUT2D eigenvalue weighted by Crippen LogP contribution is -2.44. The number of pyridine rings is 1. The summed E-state index contributed by atoms with van der Waals surface area (Å²) in [7, 11) is 0. The summed E-state index contributed by atoms with van der Waals surface area (Å²) in [5.41, 5.74) is 6.36. The summed E-state index contributed by atoms with van der Waals surface area (Å²) in [5, 5.41) is 28.1. The minimum absolute atomic E-state index is 0.0231. The molecule has 1 saturated carbocycles. The third-order valence-electron chi connectivity index (χ3n) is 7.78. The zero-order chi connectivity index (χ0) is 31.7. The molecule has 2 aromatic rings. The number of benzene rings is 1. The summed E-state index contributed by atoms with van der Waals surface area (Å²) >= 11 is 0. The number of nitrogens with one attached hydrogen (secondary N) is 4. The largest absolute Gasteiger partial charge is 0.395 e. The van der Waals surface area contributed by atoms with E-state index in [0.717, 1.165) is 26.7 Å². The van der Waals surface area contributed by atoms with Crippen LogP contribution in [-0.4, -0.2) is 40.0 Å². The highest BCUT2D eigenvalue weighted by atomic mass is 19.4. The van der Waals surface area contributed by atoms with Gasteiger partial charge >= 0.3 is 6.18 Å². The highest BCUT2D eigenvalue weighted by molar-refractivity contribution is 6.01. The van der Waals surface area contributed by atoms with Crippen molar-refractivity contribution in [2.75, 3.05) is 17.2 Å². The molecule has 0 radical (unpaired) electrons. The summed E-state index contributed by atoms with van der Waals surface area (Å²) in [6, 6.07) is 6.53. The van der Waals surface area contributed by atoms with E-state index in [9.17, 15) is 28.1 Å². The fraction of sp³-hybridized carbons (Fsp3) is 0.400. The predicted molar refractivity (Wildman–Crippen MR) is 158 cm³/mol. The average molecular weight is 596 g/mol. The van der Waals surface area contributed by atoms with Crippen LogP contribution in [0.4, 0.5) is 28.9 Å². The summed E-state index contributed by atoms with van der Waals surface area (Å²) in [6.07, 6.45) is 1.81. The van der Waals surface area contributed by atoms with Gasteiger partial charge in [0.05, 0.1) is 45.0 Å². The number of hydrogen-bond donors (Lipinski definition) is 4. The van der Waals surface area contributed by atoms with Crippen LogP contribution in [-0.2, 0) is 0 Å². The second kappa shape index (κ2) is 11.6. The number of nitriles is 2. The van der Waals surface area contributed by atoms with Crippen LogP contribution in [0.25, 0.3) is 10.9 Å². The van der Waals surface area contributed by atoms with Crippen molar-refractivity contribution < 1.29 is 17.6 Å². The van der Waals surface area contributed by atoms with Gasteiger partial charge in [-0.2, -0.15) is 28.1 Å². The molecular formula is C30H33F4N9. The average Bonchev–Trinajstić information content (AvgIpc) is 3.51. The van der Waals surface area contributed by atoms with Crippen molar-refractivity contribution in [3.05, 3.63) is 65.5 Å². The first-order valence-corrected chi connectivity index (χ1v) is 13.6. The van der Waals surface area contributed by atoms with Crippen LogP contribution in [0.5, 0.6) is 0 Å². The monoisotopic (exact) mass is 595 g/mol. The van der Waals surface area contributed by atoms with Gasteiger partial charge in [-0.25, -0.2) is 4.99 Å². The van der Waals surface area contributed by atoms with Gasteiger partial charge in [0.25, 0.3) is 0 Å². The molecule has 9 nitrogen and oxygen atoms in total. The van der Waals surface area contributed by atoms with Gasteiger partial charge in [0.15, 0.2) is 0 Å². The second-order valence-corrected chi connectivity index (χ2v) is 11.5. The third-order valence-corrected chi connectivity index (χ3v) is 7.78. The summed E-state index contributed by atoms with van der Waals surface area (Å²) in [4.78, 5) is 8.24. The molecular weight excluding hydrogens is 562 g/mol. The highest BCUT2D eigenvalue weighted by Crippen LogP contribution is 2.42. The topological polar surface area (TPSA) is 124 Å². The fourth-order valence-electron chi connectivity index (χ4n) is 4.37. The van der Waals surface area contributed by atoms with Gasteiger partial charge in [-0.1, -0.05) is 6.58 Å². The SMILES string of the molecule is C=C(/C(C)=N\C(F)=C/C)[C@H](Nc1cc(C#N)c2ncc(C#N)c(NCC(C)(C)C(F)(F)F)c2c1)C1=CN(C2(C)CC2)NN1. The molecule has 0 bridgehead atoms. The van der Waals surface area contributed by atoms with E-state index in [4.69, 9.17) is 0 Å². The van der Waals surface area contributed by atoms with Crippen molar-refractivity contribution in [1.29, 1.82) is 10.5 Å². The van der Waals surface area contributed by atoms with Gasteiger partial charge in [0.2, 0.25) is 5.95 Å². The van der Waals surface area contributed by atoms with Gasteiger partial charge in [-0.15, -0.1) is 5.53 Å². The Labute approximate surface area is 247 Å². The number of fused-ring (bicyclic) bond motifs is 1. The predicted octanol–water partition coefficient (Wildman–Crippen LogP) is 6.33. The molecule has 226 valence electrons. The van der Waals surface area contributed by atoms with Crippen LogP contribution in [0.1, 0.15) is 58.6 Å². The fourth-order valence-corrected chi connectivity index (χ4v) is 4.37. The van der Waals surface area contributed by atoms with Crippen LogP contribution in [0.2, 0.25) is 0 Å². The number of rotatable bonds is 10. The van der Waals surface area contributed by atoms with E-state index in [2.05, 4.69) is 51.1 Å². The Morgan fingerprint density at radius 1 is 1.26 bits per heavy atom. The number of alkyl halides is 3. The van der Waals surface area contributed by atoms with Gasteiger partial charge in [0, 0.05) is 35.7 Å². The summed E-state index contributed by atoms with van der Waals surface area (Å²) < 4.78 is 54.9. The molecule has 43 heavy (non-hydrogen) atoms. The number of aromatic nitrogens is 1. The lowest BCUT2D eigenvalue weighted by molar-refractivity contribution is -0.206. The van der Waals surface area contributed by atoms with E-state index in [1.807, 2.05) is 17.3 Å². The highest BCUT2D eigenvalue weighted by Gasteiger charge is 2.47. The van der Waals surface area contributed by atoms with Crippen molar-refractivity contribution in [1.82, 2.24) is 21.0 Å². The molecule has 0 saturated heterocycles. The first-order valence-electron chi connectivity index (χ1n) is 13.6. The van der Waals surface area contributed by atoms with Crippen molar-refractivity contribution >= 4 is 28.0 Å². The lowest BCUT2D eigenvalue weighted by atomic mass is 9.92. The van der Waals surface area contributed by atoms with Crippen LogP contribution in [0.15, 0.2) is 59.4 Å². The zero-order valence-electron chi connectivity index (χ0n) is 24.5. The van der Waals surface area contributed by atoms with E-state index in [-0.39, 0.29) is 33.3 Å². The number of aliphatic imine (C=N–C) groups is 1. The maximum Gasteiger partial charge on any atom is 0.395 e. The first kappa shape index (κ1) is 31.3. The molecule has 1 aromatic carbocycles. The molecule has 0 spiro atoms. The minimum atomic E-state index is -4.50. The van der Waals surface area contributed by atoms with Crippen LogP contribution < -0.4 is 21.6 Å². The number of hydrogen-bond acceptors (Lipinski definition) is 9. The molecule has 1 fully saturated rings. The van der Waals surface area contributed by atoms with Gasteiger partial charge in [0.1, 0.15) is 12.1 Å². The van der Waals surface area contributed by atoms with E-state index < -0.39 is 30.1 Å². The number of allylic oxidation sites excluding steroid dienone is 1. The van der Waals surface area contributed by atoms with Gasteiger partial charge in [-0.05, 0) is 71.2 Å². The number of hydrazine groups is 2. The van der Waals surface area contributed by atoms with E-state index >= 15 is 0 Å². The van der Waals surface area contributed by atoms with Gasteiger partial charge in [-0.3, -0.25) is 9.99 Å². The Bertz CT molecular complexity index is 1620. The molecule has 1 aromatic heterocycles. The summed E-state index contributed by atoms with van der Waals surface area (Å²) in [6.45, 7) is 11.0. The van der Waals surface area contributed by atoms with Crippen molar-refractivity contribution in [2.45, 2.75) is 65.2 Å². The molecule has 4 rings (SSSR count). The summed E-state index contributed by atoms with van der Waals surface area (Å²) in [5.74, 6) is -0.680. The Hall–Kier alpha value is -4.62. The van der Waals surface area contributed by atoms with Gasteiger partial charge < -0.3 is 16.1 Å². The smallest absolute Gasteiger partial charge is 0.382 e. The molecule has 0 unspecified atom stereocenters. The molecule has 4 N–H and O–H groups in total. The normalized spacial score (nSPS) is 17.5. The minimum Gasteiger partial charge on any atom is -0.382 e. The Morgan fingerprint density at radius 2 is 1.93 bits per heavy atom. The number of nitrogens with zero attached hydrogens (tertiary/aromatic N) is 5. The van der Waals surface area contributed by atoms with Crippen LogP contribution in [0, 0.1) is 28.1 Å². The van der Waals surface area contributed by atoms with E-state index in [1.165, 1.54) is 19.2 Å². The van der Waals surface area contributed by atoms with Crippen molar-refractivity contribution in [3.8, 4) is 12.1 Å². The molecule has 0 amide bonds. The molecule has 1 aliphatic heterocycles. The Balaban J connectivity index is 1.80. The Morgan fingerprint density at radius 3 is 2.51 bits per heavy atom. The van der Waals surface area contributed by atoms with Crippen molar-refractivity contribution in [2.24, 2.45) is 10.4 Å². The third kappa shape index (κ3) is 6.42. The molecule has 1 atom stereocenters. The maximum absolute atomic E-state index is 14.1. The molecule has 1 aliphatic carbocycles. The van der Waals surface area contributed by atoms with E-state index in [0.29, 0.717) is 22.7 Å². The van der Waals surface area contributed by atoms with Crippen LogP contribution in [0.3, 0.4) is 0 Å². The molecule has 2 heterocycles. The van der Waals surface area contributed by atoms with Crippen molar-refractivity contribution in [3.63, 3.8) is 0 Å². The number of halogens is 4. The van der Waals surface area contributed by atoms with Crippen LogP contribution >= 0.6 is 0 Å². The Kier molecular flexibility index (Phi) is 8.43. The quantitative estimate of drug-likeness (QED) is 0.143.